The Hall–Kier alpha value is -2.70. The maximum absolute atomic E-state index is 13.3. The third-order valence-corrected chi connectivity index (χ3v) is 5.81. The molecule has 1 atom stereocenters. The molecule has 1 amide bonds. The lowest BCUT2D eigenvalue weighted by Gasteiger charge is -2.29. The first-order chi connectivity index (χ1) is 14.5. The first kappa shape index (κ1) is 20.6. The Morgan fingerprint density at radius 1 is 1.17 bits per heavy atom. The number of amides is 1. The van der Waals surface area contributed by atoms with E-state index in [0.29, 0.717) is 26.2 Å². The van der Waals surface area contributed by atoms with Gasteiger partial charge in [0.05, 0.1) is 38.6 Å². The zero-order chi connectivity index (χ0) is 21.1. The molecule has 0 bridgehead atoms. The van der Waals surface area contributed by atoms with Crippen LogP contribution in [0, 0.1) is 13.8 Å². The standard InChI is InChI=1S/C24H29N3O3/c1-17-7-8-18(2)21(13-17)22-15-23(19-5-4-6-20(14-19)29-3)27(25-22)24(28)16-26-9-11-30-12-10-26/h4-8,13-14,23H,9-12,15-16H2,1-3H3. The van der Waals surface area contributed by atoms with Crippen LogP contribution in [0.15, 0.2) is 47.6 Å². The van der Waals surface area contributed by atoms with Crippen molar-refractivity contribution in [1.82, 2.24) is 9.91 Å². The topological polar surface area (TPSA) is 54.4 Å². The summed E-state index contributed by atoms with van der Waals surface area (Å²) in [5.41, 5.74) is 5.47. The average Bonchev–Trinajstić information content (AvgIpc) is 3.22. The number of nitrogens with zero attached hydrogens (tertiary/aromatic N) is 3. The number of hydrogen-bond acceptors (Lipinski definition) is 5. The predicted molar refractivity (Wildman–Crippen MR) is 117 cm³/mol. The van der Waals surface area contributed by atoms with Crippen LogP contribution in [-0.2, 0) is 9.53 Å². The van der Waals surface area contributed by atoms with Gasteiger partial charge in [-0.15, -0.1) is 0 Å². The summed E-state index contributed by atoms with van der Waals surface area (Å²) < 4.78 is 10.8. The molecule has 2 aromatic rings. The van der Waals surface area contributed by atoms with E-state index in [9.17, 15) is 4.79 Å². The molecular weight excluding hydrogens is 378 g/mol. The van der Waals surface area contributed by atoms with Crippen LogP contribution in [0.4, 0.5) is 0 Å². The van der Waals surface area contributed by atoms with E-state index in [4.69, 9.17) is 14.6 Å². The molecule has 0 aliphatic carbocycles. The highest BCUT2D eigenvalue weighted by Gasteiger charge is 2.34. The summed E-state index contributed by atoms with van der Waals surface area (Å²) in [4.78, 5) is 15.4. The third kappa shape index (κ3) is 4.40. The summed E-state index contributed by atoms with van der Waals surface area (Å²) in [6.45, 7) is 7.42. The summed E-state index contributed by atoms with van der Waals surface area (Å²) in [7, 11) is 1.66. The van der Waals surface area contributed by atoms with E-state index >= 15 is 0 Å². The Morgan fingerprint density at radius 2 is 1.97 bits per heavy atom. The van der Waals surface area contributed by atoms with E-state index < -0.39 is 0 Å². The minimum Gasteiger partial charge on any atom is -0.497 e. The van der Waals surface area contributed by atoms with E-state index in [0.717, 1.165) is 35.7 Å². The molecule has 2 aliphatic rings. The van der Waals surface area contributed by atoms with Crippen LogP contribution in [0.25, 0.3) is 0 Å². The van der Waals surface area contributed by atoms with E-state index in [2.05, 4.69) is 36.9 Å². The van der Waals surface area contributed by atoms with Crippen molar-refractivity contribution in [3.8, 4) is 5.75 Å². The SMILES string of the molecule is COc1cccc(C2CC(c3cc(C)ccc3C)=NN2C(=O)CN2CCOCC2)c1. The van der Waals surface area contributed by atoms with Gasteiger partial charge < -0.3 is 9.47 Å². The fraction of sp³-hybridized carbons (Fsp3) is 0.417. The van der Waals surface area contributed by atoms with Crippen LogP contribution in [0.5, 0.6) is 5.75 Å². The largest absolute Gasteiger partial charge is 0.497 e. The monoisotopic (exact) mass is 407 g/mol. The molecular formula is C24H29N3O3. The lowest BCUT2D eigenvalue weighted by molar-refractivity contribution is -0.135. The number of hydrogen-bond donors (Lipinski definition) is 0. The van der Waals surface area contributed by atoms with E-state index in [1.807, 2.05) is 24.3 Å². The summed E-state index contributed by atoms with van der Waals surface area (Å²) in [6, 6.07) is 14.2. The van der Waals surface area contributed by atoms with E-state index in [1.54, 1.807) is 12.1 Å². The molecule has 6 nitrogen and oxygen atoms in total. The molecule has 6 heteroatoms. The Kier molecular flexibility index (Phi) is 6.16. The molecule has 0 radical (unpaired) electrons. The fourth-order valence-corrected chi connectivity index (χ4v) is 4.08. The molecule has 0 saturated carbocycles. The van der Waals surface area contributed by atoms with Crippen molar-refractivity contribution in [2.45, 2.75) is 26.3 Å². The van der Waals surface area contributed by atoms with Crippen LogP contribution >= 0.6 is 0 Å². The molecule has 2 aliphatic heterocycles. The molecule has 1 fully saturated rings. The normalized spacial score (nSPS) is 19.6. The minimum atomic E-state index is -0.136. The lowest BCUT2D eigenvalue weighted by Crippen LogP contribution is -2.43. The zero-order valence-corrected chi connectivity index (χ0v) is 17.9. The Morgan fingerprint density at radius 3 is 2.73 bits per heavy atom. The van der Waals surface area contributed by atoms with Gasteiger partial charge in [0.1, 0.15) is 5.75 Å². The van der Waals surface area contributed by atoms with Gasteiger partial charge in [-0.1, -0.05) is 29.8 Å². The van der Waals surface area contributed by atoms with E-state index in [-0.39, 0.29) is 11.9 Å². The van der Waals surface area contributed by atoms with Crippen LogP contribution in [-0.4, -0.2) is 61.5 Å². The van der Waals surface area contributed by atoms with Gasteiger partial charge in [-0.2, -0.15) is 5.10 Å². The molecule has 4 rings (SSSR count). The summed E-state index contributed by atoms with van der Waals surface area (Å²) in [5.74, 6) is 0.804. The molecule has 1 saturated heterocycles. The maximum atomic E-state index is 13.3. The summed E-state index contributed by atoms with van der Waals surface area (Å²) in [6.07, 6.45) is 0.687. The Balaban J connectivity index is 1.65. The fourth-order valence-electron chi connectivity index (χ4n) is 4.08. The molecule has 1 unspecified atom stereocenters. The highest BCUT2D eigenvalue weighted by Crippen LogP contribution is 2.35. The third-order valence-electron chi connectivity index (χ3n) is 5.81. The highest BCUT2D eigenvalue weighted by atomic mass is 16.5. The van der Waals surface area contributed by atoms with Crippen molar-refractivity contribution < 1.29 is 14.3 Å². The molecule has 158 valence electrons. The van der Waals surface area contributed by atoms with E-state index in [1.165, 1.54) is 11.1 Å². The molecule has 30 heavy (non-hydrogen) atoms. The highest BCUT2D eigenvalue weighted by molar-refractivity contribution is 6.04. The number of hydrazone groups is 1. The second-order valence-corrected chi connectivity index (χ2v) is 7.99. The van der Waals surface area contributed by atoms with Gasteiger partial charge in [0.15, 0.2) is 0 Å². The van der Waals surface area contributed by atoms with Gasteiger partial charge >= 0.3 is 0 Å². The number of aryl methyl sites for hydroxylation is 2. The second-order valence-electron chi connectivity index (χ2n) is 7.99. The van der Waals surface area contributed by atoms with Crippen molar-refractivity contribution in [3.05, 3.63) is 64.7 Å². The van der Waals surface area contributed by atoms with Gasteiger partial charge in [-0.25, -0.2) is 5.01 Å². The summed E-state index contributed by atoms with van der Waals surface area (Å²) >= 11 is 0. The lowest BCUT2D eigenvalue weighted by atomic mass is 9.95. The van der Waals surface area contributed by atoms with Gasteiger partial charge in [-0.05, 0) is 43.2 Å². The molecule has 0 N–H and O–H groups in total. The zero-order valence-electron chi connectivity index (χ0n) is 17.9. The van der Waals surface area contributed by atoms with Gasteiger partial charge in [0.25, 0.3) is 5.91 Å². The summed E-state index contributed by atoms with van der Waals surface area (Å²) in [5, 5.41) is 6.52. The first-order valence-corrected chi connectivity index (χ1v) is 10.5. The number of ether oxygens (including phenoxy) is 2. The van der Waals surface area contributed by atoms with Gasteiger partial charge in [0, 0.05) is 25.1 Å². The van der Waals surface area contributed by atoms with Crippen LogP contribution < -0.4 is 4.74 Å². The van der Waals surface area contributed by atoms with Crippen LogP contribution in [0.1, 0.15) is 34.7 Å². The quantitative estimate of drug-likeness (QED) is 0.763. The second kappa shape index (κ2) is 8.98. The minimum absolute atomic E-state index is 0.0185. The van der Waals surface area contributed by atoms with Crippen molar-refractivity contribution in [1.29, 1.82) is 0 Å². The van der Waals surface area contributed by atoms with Gasteiger partial charge in [0.2, 0.25) is 0 Å². The molecule has 0 spiro atoms. The average molecular weight is 408 g/mol. The van der Waals surface area contributed by atoms with Gasteiger partial charge in [-0.3, -0.25) is 9.69 Å². The van der Waals surface area contributed by atoms with Crippen LogP contribution in [0.2, 0.25) is 0 Å². The number of methoxy groups -OCH3 is 1. The number of carbonyl (C=O) groups is 1. The van der Waals surface area contributed by atoms with Crippen molar-refractivity contribution >= 4 is 11.6 Å². The number of rotatable bonds is 5. The molecule has 2 aromatic carbocycles. The first-order valence-electron chi connectivity index (χ1n) is 10.5. The molecule has 2 heterocycles. The Labute approximate surface area is 178 Å². The predicted octanol–water partition coefficient (Wildman–Crippen LogP) is 3.32. The van der Waals surface area contributed by atoms with Crippen molar-refractivity contribution in [2.24, 2.45) is 5.10 Å². The maximum Gasteiger partial charge on any atom is 0.257 e. The number of morpholine rings is 1. The van der Waals surface area contributed by atoms with Crippen molar-refractivity contribution in [3.63, 3.8) is 0 Å². The number of benzene rings is 2. The molecule has 0 aromatic heterocycles. The van der Waals surface area contributed by atoms with Crippen LogP contribution in [0.3, 0.4) is 0 Å². The van der Waals surface area contributed by atoms with Crippen molar-refractivity contribution in [2.75, 3.05) is 40.0 Å². The Bertz CT molecular complexity index is 950. The smallest absolute Gasteiger partial charge is 0.257 e. The number of carbonyl (C=O) groups excluding carboxylic acids is 1.